The van der Waals surface area contributed by atoms with Crippen LogP contribution >= 0.6 is 0 Å². The van der Waals surface area contributed by atoms with Crippen LogP contribution in [-0.4, -0.2) is 48.3 Å². The summed E-state index contributed by atoms with van der Waals surface area (Å²) in [6.45, 7) is 6.19. The van der Waals surface area contributed by atoms with Crippen molar-refractivity contribution in [1.29, 1.82) is 5.26 Å². The van der Waals surface area contributed by atoms with Crippen LogP contribution in [0.1, 0.15) is 19.4 Å². The van der Waals surface area contributed by atoms with Gasteiger partial charge in [0.15, 0.2) is 0 Å². The molecule has 0 bridgehead atoms. The van der Waals surface area contributed by atoms with E-state index < -0.39 is 0 Å². The molecule has 0 amide bonds. The van der Waals surface area contributed by atoms with Crippen LogP contribution in [0, 0.1) is 11.3 Å². The van der Waals surface area contributed by atoms with Crippen molar-refractivity contribution in [2.45, 2.75) is 25.4 Å². The zero-order chi connectivity index (χ0) is 14.0. The number of hydrogen-bond donors (Lipinski definition) is 1. The van der Waals surface area contributed by atoms with Crippen molar-refractivity contribution in [2.75, 3.05) is 31.6 Å². The van der Waals surface area contributed by atoms with Crippen molar-refractivity contribution in [3.63, 3.8) is 0 Å². The van der Waals surface area contributed by atoms with Gasteiger partial charge in [-0.15, -0.1) is 0 Å². The van der Waals surface area contributed by atoms with E-state index >= 15 is 0 Å². The van der Waals surface area contributed by atoms with Gasteiger partial charge in [0.25, 0.3) is 0 Å². The molecule has 0 radical (unpaired) electrons. The van der Waals surface area contributed by atoms with E-state index in [9.17, 15) is 5.11 Å². The van der Waals surface area contributed by atoms with Crippen LogP contribution in [0.4, 0.5) is 5.69 Å². The second-order valence-electron chi connectivity index (χ2n) is 5.84. The van der Waals surface area contributed by atoms with Gasteiger partial charge in [0.1, 0.15) is 0 Å². The predicted octanol–water partition coefficient (Wildman–Crippen LogP) is 1.45. The second kappa shape index (κ2) is 5.20. The Morgan fingerprint density at radius 2 is 2.21 bits per heavy atom. The number of benzene rings is 1. The Kier molecular flexibility index (Phi) is 3.79. The first-order chi connectivity index (χ1) is 8.97. The molecule has 19 heavy (non-hydrogen) atoms. The van der Waals surface area contributed by atoms with E-state index in [0.29, 0.717) is 5.56 Å². The highest BCUT2D eigenvalue weighted by Crippen LogP contribution is 2.30. The topological polar surface area (TPSA) is 50.5 Å². The van der Waals surface area contributed by atoms with E-state index in [1.807, 2.05) is 31.3 Å². The van der Waals surface area contributed by atoms with Gasteiger partial charge in [0.2, 0.25) is 0 Å². The highest BCUT2D eigenvalue weighted by molar-refractivity contribution is 5.54. The first kappa shape index (κ1) is 13.9. The van der Waals surface area contributed by atoms with Crippen LogP contribution in [0.5, 0.6) is 0 Å². The van der Waals surface area contributed by atoms with E-state index in [0.717, 1.165) is 18.8 Å². The molecule has 1 aliphatic rings. The Morgan fingerprint density at radius 3 is 2.84 bits per heavy atom. The highest BCUT2D eigenvalue weighted by Gasteiger charge is 2.37. The lowest BCUT2D eigenvalue weighted by molar-refractivity contribution is 0.0980. The minimum atomic E-state index is -0.0193. The first-order valence-electron chi connectivity index (χ1n) is 6.57. The van der Waals surface area contributed by atoms with Crippen LogP contribution in [0.2, 0.25) is 0 Å². The molecule has 0 saturated carbocycles. The molecule has 102 valence electrons. The Balaban J connectivity index is 2.33. The summed E-state index contributed by atoms with van der Waals surface area (Å²) in [5.41, 5.74) is 1.71. The van der Waals surface area contributed by atoms with Gasteiger partial charge >= 0.3 is 0 Å². The normalized spacial score (nSPS) is 23.1. The molecule has 0 spiro atoms. The van der Waals surface area contributed by atoms with Gasteiger partial charge in [-0.05, 0) is 39.1 Å². The smallest absolute Gasteiger partial charge is 0.0992 e. The van der Waals surface area contributed by atoms with Crippen LogP contribution in [0.25, 0.3) is 0 Å². The predicted molar refractivity (Wildman–Crippen MR) is 76.1 cm³/mol. The summed E-state index contributed by atoms with van der Waals surface area (Å²) in [6, 6.07) is 10.00. The molecule has 4 nitrogen and oxygen atoms in total. The fourth-order valence-electron chi connectivity index (χ4n) is 2.82. The molecule has 1 aromatic rings. The van der Waals surface area contributed by atoms with Gasteiger partial charge in [-0.2, -0.15) is 5.26 Å². The molecule has 1 aromatic carbocycles. The average molecular weight is 259 g/mol. The molecule has 1 fully saturated rings. The van der Waals surface area contributed by atoms with Crippen molar-refractivity contribution >= 4 is 5.69 Å². The zero-order valence-corrected chi connectivity index (χ0v) is 11.8. The minimum Gasteiger partial charge on any atom is -0.395 e. The van der Waals surface area contributed by atoms with Gasteiger partial charge in [-0.25, -0.2) is 0 Å². The second-order valence-corrected chi connectivity index (χ2v) is 5.84. The van der Waals surface area contributed by atoms with E-state index in [1.165, 1.54) is 0 Å². The lowest BCUT2D eigenvalue weighted by Gasteiger charge is -2.51. The standard InChI is InChI=1S/C15H21N3O/c1-15(2)11-17(3)14(10-19)9-18(15)13-6-4-5-12(7-13)8-16/h4-7,14,19H,9-11H2,1-3H3. The largest absolute Gasteiger partial charge is 0.395 e. The van der Waals surface area contributed by atoms with E-state index in [1.54, 1.807) is 0 Å². The number of piperazine rings is 1. The van der Waals surface area contributed by atoms with Crippen LogP contribution < -0.4 is 4.90 Å². The molecule has 1 N–H and O–H groups in total. The molecule has 0 aromatic heterocycles. The number of rotatable bonds is 2. The van der Waals surface area contributed by atoms with Gasteiger partial charge < -0.3 is 10.0 Å². The fourth-order valence-corrected chi connectivity index (χ4v) is 2.82. The highest BCUT2D eigenvalue weighted by atomic mass is 16.3. The summed E-state index contributed by atoms with van der Waals surface area (Å²) in [5.74, 6) is 0. The number of aliphatic hydroxyl groups is 1. The third-order valence-corrected chi connectivity index (χ3v) is 3.88. The summed E-state index contributed by atoms with van der Waals surface area (Å²) in [5, 5.41) is 18.5. The molecule has 2 rings (SSSR count). The Hall–Kier alpha value is -1.57. The number of hydrogen-bond acceptors (Lipinski definition) is 4. The summed E-state index contributed by atoms with van der Waals surface area (Å²) >= 11 is 0. The number of nitrogens with zero attached hydrogens (tertiary/aromatic N) is 3. The number of aliphatic hydroxyl groups excluding tert-OH is 1. The summed E-state index contributed by atoms with van der Waals surface area (Å²) in [6.07, 6.45) is 0. The molecule has 4 heteroatoms. The van der Waals surface area contributed by atoms with Crippen molar-refractivity contribution in [1.82, 2.24) is 4.90 Å². The van der Waals surface area contributed by atoms with Crippen molar-refractivity contribution in [3.8, 4) is 6.07 Å². The van der Waals surface area contributed by atoms with Crippen LogP contribution in [0.15, 0.2) is 24.3 Å². The quantitative estimate of drug-likeness (QED) is 0.873. The fraction of sp³-hybridized carbons (Fsp3) is 0.533. The average Bonchev–Trinajstić information content (AvgIpc) is 2.38. The molecule has 1 heterocycles. The van der Waals surface area contributed by atoms with Crippen LogP contribution in [-0.2, 0) is 0 Å². The first-order valence-corrected chi connectivity index (χ1v) is 6.57. The lowest BCUT2D eigenvalue weighted by Crippen LogP contribution is -2.63. The number of likely N-dealkylation sites (N-methyl/N-ethyl adjacent to an activating group) is 1. The lowest BCUT2D eigenvalue weighted by atomic mass is 9.95. The van der Waals surface area contributed by atoms with Crippen molar-refractivity contribution in [2.24, 2.45) is 0 Å². The van der Waals surface area contributed by atoms with Crippen LogP contribution in [0.3, 0.4) is 0 Å². The third-order valence-electron chi connectivity index (χ3n) is 3.88. The molecular weight excluding hydrogens is 238 g/mol. The Labute approximate surface area is 114 Å². The zero-order valence-electron chi connectivity index (χ0n) is 11.8. The number of nitriles is 1. The van der Waals surface area contributed by atoms with E-state index in [-0.39, 0.29) is 18.2 Å². The van der Waals surface area contributed by atoms with Gasteiger partial charge in [-0.3, -0.25) is 4.90 Å². The summed E-state index contributed by atoms with van der Waals surface area (Å²) in [7, 11) is 2.05. The minimum absolute atomic E-state index is 0.0193. The van der Waals surface area contributed by atoms with Gasteiger partial charge in [0.05, 0.1) is 24.3 Å². The molecule has 1 atom stereocenters. The van der Waals surface area contributed by atoms with Gasteiger partial charge in [0, 0.05) is 24.3 Å². The van der Waals surface area contributed by atoms with E-state index in [4.69, 9.17) is 5.26 Å². The molecule has 1 saturated heterocycles. The maximum absolute atomic E-state index is 9.48. The molecule has 1 aliphatic heterocycles. The maximum Gasteiger partial charge on any atom is 0.0992 e. The van der Waals surface area contributed by atoms with E-state index in [2.05, 4.69) is 29.7 Å². The Bertz CT molecular complexity index is 492. The summed E-state index contributed by atoms with van der Waals surface area (Å²) < 4.78 is 0. The number of anilines is 1. The van der Waals surface area contributed by atoms with Crippen molar-refractivity contribution < 1.29 is 5.11 Å². The maximum atomic E-state index is 9.48. The molecular formula is C15H21N3O. The third kappa shape index (κ3) is 2.73. The molecule has 0 aliphatic carbocycles. The van der Waals surface area contributed by atoms with Crippen molar-refractivity contribution in [3.05, 3.63) is 29.8 Å². The SMILES string of the molecule is CN1CC(C)(C)N(c2cccc(C#N)c2)CC1CO. The van der Waals surface area contributed by atoms with Gasteiger partial charge in [-0.1, -0.05) is 6.07 Å². The molecule has 1 unspecified atom stereocenters. The monoisotopic (exact) mass is 259 g/mol. The summed E-state index contributed by atoms with van der Waals surface area (Å²) in [4.78, 5) is 4.49. The Morgan fingerprint density at radius 1 is 1.47 bits per heavy atom.